The van der Waals surface area contributed by atoms with Gasteiger partial charge in [-0.25, -0.2) is 9.78 Å². The summed E-state index contributed by atoms with van der Waals surface area (Å²) in [6.45, 7) is 0.872. The minimum atomic E-state index is -0.244. The number of urea groups is 1. The Morgan fingerprint density at radius 2 is 2.08 bits per heavy atom. The number of benzene rings is 1. The number of carbonyl (C=O) groups is 1. The Hall–Kier alpha value is -2.49. The summed E-state index contributed by atoms with van der Waals surface area (Å²) in [5, 5.41) is 12.4. The van der Waals surface area contributed by atoms with Crippen LogP contribution in [0.3, 0.4) is 0 Å². The number of pyridine rings is 1. The third-order valence-corrected chi connectivity index (χ3v) is 4.20. The summed E-state index contributed by atoms with van der Waals surface area (Å²) in [6.07, 6.45) is 1.37. The van der Waals surface area contributed by atoms with E-state index in [9.17, 15) is 4.79 Å². The number of amides is 2. The molecule has 6 nitrogen and oxygen atoms in total. The van der Waals surface area contributed by atoms with Crippen molar-refractivity contribution >= 4 is 34.9 Å². The molecule has 1 aliphatic heterocycles. The highest BCUT2D eigenvalue weighted by Crippen LogP contribution is 2.25. The fraction of sp³-hybridized carbons (Fsp3) is 0.188. The number of nitrogens with one attached hydrogen (secondary N) is 1. The van der Waals surface area contributed by atoms with Crippen LogP contribution >= 0.6 is 23.2 Å². The molecule has 0 atom stereocenters. The molecule has 8 heteroatoms. The molecule has 0 unspecified atom stereocenters. The monoisotopic (exact) mass is 362 g/mol. The van der Waals surface area contributed by atoms with Gasteiger partial charge in [-0.05, 0) is 24.3 Å². The summed E-state index contributed by atoms with van der Waals surface area (Å²) in [5.41, 5.74) is 1.05. The molecule has 1 N–H and O–H groups in total. The zero-order valence-corrected chi connectivity index (χ0v) is 13.9. The predicted molar refractivity (Wildman–Crippen MR) is 90.4 cm³/mol. The van der Waals surface area contributed by atoms with Gasteiger partial charge in [-0.1, -0.05) is 23.2 Å². The number of ether oxygens (including phenoxy) is 1. The number of likely N-dealkylation sites (tertiary alicyclic amines) is 1. The number of halogens is 2. The molecule has 2 aromatic rings. The highest BCUT2D eigenvalue weighted by molar-refractivity contribution is 6.42. The van der Waals surface area contributed by atoms with Crippen molar-refractivity contribution in [2.45, 2.75) is 6.10 Å². The topological polar surface area (TPSA) is 78.2 Å². The predicted octanol–water partition coefficient (Wildman–Crippen LogP) is 3.56. The number of rotatable bonds is 3. The van der Waals surface area contributed by atoms with Crippen molar-refractivity contribution in [2.24, 2.45) is 0 Å². The molecule has 0 spiro atoms. The van der Waals surface area contributed by atoms with Gasteiger partial charge in [0.1, 0.15) is 6.10 Å². The van der Waals surface area contributed by atoms with Crippen molar-refractivity contribution in [3.63, 3.8) is 0 Å². The molecule has 0 aliphatic carbocycles. The number of hydrogen-bond acceptors (Lipinski definition) is 4. The molecule has 0 radical (unpaired) electrons. The average molecular weight is 363 g/mol. The Morgan fingerprint density at radius 1 is 1.29 bits per heavy atom. The van der Waals surface area contributed by atoms with Crippen LogP contribution in [-0.4, -0.2) is 35.1 Å². The second kappa shape index (κ2) is 6.95. The number of hydrogen-bond donors (Lipinski definition) is 1. The molecule has 0 bridgehead atoms. The van der Waals surface area contributed by atoms with Gasteiger partial charge in [-0.2, -0.15) is 5.26 Å². The van der Waals surface area contributed by atoms with Gasteiger partial charge in [0.05, 0.1) is 34.8 Å². The van der Waals surface area contributed by atoms with E-state index in [-0.39, 0.29) is 12.1 Å². The molecule has 0 saturated carbocycles. The van der Waals surface area contributed by atoms with E-state index in [0.717, 1.165) is 0 Å². The fourth-order valence-electron chi connectivity index (χ4n) is 2.17. The summed E-state index contributed by atoms with van der Waals surface area (Å²) in [4.78, 5) is 17.8. The van der Waals surface area contributed by atoms with Gasteiger partial charge in [0.2, 0.25) is 5.88 Å². The van der Waals surface area contributed by atoms with Crippen LogP contribution in [0.4, 0.5) is 10.5 Å². The highest BCUT2D eigenvalue weighted by atomic mass is 35.5. The largest absolute Gasteiger partial charge is 0.471 e. The lowest BCUT2D eigenvalue weighted by atomic mass is 10.2. The molecule has 1 aliphatic rings. The van der Waals surface area contributed by atoms with Crippen LogP contribution in [0.5, 0.6) is 5.88 Å². The maximum absolute atomic E-state index is 12.1. The fourth-order valence-corrected chi connectivity index (χ4v) is 2.47. The lowest BCUT2D eigenvalue weighted by Crippen LogP contribution is -2.57. The Bertz CT molecular complexity index is 816. The van der Waals surface area contributed by atoms with Crippen molar-refractivity contribution in [3.05, 3.63) is 52.1 Å². The molecule has 3 rings (SSSR count). The molecule has 1 fully saturated rings. The van der Waals surface area contributed by atoms with Crippen LogP contribution in [0.25, 0.3) is 0 Å². The van der Waals surface area contributed by atoms with Gasteiger partial charge in [-0.3, -0.25) is 0 Å². The lowest BCUT2D eigenvalue weighted by Gasteiger charge is -2.38. The Balaban J connectivity index is 1.51. The van der Waals surface area contributed by atoms with Gasteiger partial charge in [0.15, 0.2) is 0 Å². The molecule has 1 aromatic heterocycles. The summed E-state index contributed by atoms with van der Waals surface area (Å²) in [5.74, 6) is 0.378. The SMILES string of the molecule is N#Cc1ccnc(OC2CN(C(=O)Nc3ccc(Cl)c(Cl)c3)C2)c1. The number of anilines is 1. The van der Waals surface area contributed by atoms with Crippen molar-refractivity contribution in [2.75, 3.05) is 18.4 Å². The molecular weight excluding hydrogens is 351 g/mol. The normalized spacial score (nSPS) is 13.8. The molecule has 2 heterocycles. The summed E-state index contributed by atoms with van der Waals surface area (Å²) < 4.78 is 5.64. The molecule has 1 saturated heterocycles. The quantitative estimate of drug-likeness (QED) is 0.905. The van der Waals surface area contributed by atoms with Gasteiger partial charge in [-0.15, -0.1) is 0 Å². The van der Waals surface area contributed by atoms with Crippen molar-refractivity contribution in [1.29, 1.82) is 5.26 Å². The molecule has 2 amide bonds. The first-order valence-corrected chi connectivity index (χ1v) is 7.84. The summed E-state index contributed by atoms with van der Waals surface area (Å²) >= 11 is 11.8. The van der Waals surface area contributed by atoms with Crippen molar-refractivity contribution in [3.8, 4) is 11.9 Å². The first-order valence-electron chi connectivity index (χ1n) is 7.09. The third kappa shape index (κ3) is 3.70. The van der Waals surface area contributed by atoms with Crippen LogP contribution in [0, 0.1) is 11.3 Å². The minimum absolute atomic E-state index is 0.147. The summed E-state index contributed by atoms with van der Waals surface area (Å²) in [7, 11) is 0. The van der Waals surface area contributed by atoms with E-state index in [1.165, 1.54) is 6.20 Å². The molecule has 24 heavy (non-hydrogen) atoms. The van der Waals surface area contributed by atoms with E-state index >= 15 is 0 Å². The zero-order valence-electron chi connectivity index (χ0n) is 12.4. The number of carbonyl (C=O) groups excluding carboxylic acids is 1. The minimum Gasteiger partial charge on any atom is -0.471 e. The van der Waals surface area contributed by atoms with Crippen LogP contribution in [-0.2, 0) is 0 Å². The average Bonchev–Trinajstić information content (AvgIpc) is 2.54. The standard InChI is InChI=1S/C16H12Cl2N4O2/c17-13-2-1-11(6-14(13)18)21-16(23)22-8-12(9-22)24-15-5-10(7-19)3-4-20-15/h1-6,12H,8-9H2,(H,21,23). The molecule has 1 aromatic carbocycles. The van der Waals surface area contributed by atoms with E-state index < -0.39 is 0 Å². The van der Waals surface area contributed by atoms with Gasteiger partial charge >= 0.3 is 6.03 Å². The Kier molecular flexibility index (Phi) is 4.74. The maximum Gasteiger partial charge on any atom is 0.322 e. The first-order chi connectivity index (χ1) is 11.5. The van der Waals surface area contributed by atoms with E-state index in [4.69, 9.17) is 33.2 Å². The van der Waals surface area contributed by atoms with E-state index in [2.05, 4.69) is 10.3 Å². The first kappa shape index (κ1) is 16.4. The van der Waals surface area contributed by atoms with Crippen molar-refractivity contribution < 1.29 is 9.53 Å². The maximum atomic E-state index is 12.1. The smallest absolute Gasteiger partial charge is 0.322 e. The number of nitrogens with zero attached hydrogens (tertiary/aromatic N) is 3. The zero-order chi connectivity index (χ0) is 17.1. The summed E-state index contributed by atoms with van der Waals surface area (Å²) in [6, 6.07) is 9.84. The number of aromatic nitrogens is 1. The van der Waals surface area contributed by atoms with Gasteiger partial charge < -0.3 is 15.0 Å². The van der Waals surface area contributed by atoms with Crippen molar-refractivity contribution in [1.82, 2.24) is 9.88 Å². The van der Waals surface area contributed by atoms with Crippen LogP contribution in [0.1, 0.15) is 5.56 Å². The Morgan fingerprint density at radius 3 is 2.79 bits per heavy atom. The molecular formula is C16H12Cl2N4O2. The third-order valence-electron chi connectivity index (χ3n) is 3.46. The van der Waals surface area contributed by atoms with Crippen LogP contribution in [0.15, 0.2) is 36.5 Å². The lowest BCUT2D eigenvalue weighted by molar-refractivity contribution is 0.0461. The second-order valence-corrected chi connectivity index (χ2v) is 6.01. The van der Waals surface area contributed by atoms with E-state index in [1.807, 2.05) is 6.07 Å². The van der Waals surface area contributed by atoms with Gasteiger partial charge in [0.25, 0.3) is 0 Å². The highest BCUT2D eigenvalue weighted by Gasteiger charge is 2.32. The second-order valence-electron chi connectivity index (χ2n) is 5.20. The van der Waals surface area contributed by atoms with Crippen LogP contribution in [0.2, 0.25) is 10.0 Å². The van der Waals surface area contributed by atoms with Gasteiger partial charge in [0, 0.05) is 18.0 Å². The molecule has 122 valence electrons. The van der Waals surface area contributed by atoms with E-state index in [0.29, 0.717) is 40.3 Å². The van der Waals surface area contributed by atoms with E-state index in [1.54, 1.807) is 35.2 Å². The Labute approximate surface area is 148 Å². The van der Waals surface area contributed by atoms with Crippen LogP contribution < -0.4 is 10.1 Å². The number of nitriles is 1.